The van der Waals surface area contributed by atoms with E-state index in [-0.39, 0.29) is 19.0 Å². The molecule has 0 aromatic carbocycles. The van der Waals surface area contributed by atoms with Crippen LogP contribution in [0.2, 0.25) is 4.34 Å². The van der Waals surface area contributed by atoms with E-state index < -0.39 is 30.5 Å². The minimum Gasteiger partial charge on any atom is -0.380 e. The number of hydrogen-bond donors (Lipinski definition) is 1. The molecule has 1 aliphatic rings. The second kappa shape index (κ2) is 5.78. The van der Waals surface area contributed by atoms with Crippen LogP contribution in [0, 0.1) is 0 Å². The monoisotopic (exact) mass is 341 g/mol. The predicted molar refractivity (Wildman–Crippen MR) is 74.6 cm³/mol. The number of aliphatic hydroxyl groups is 1. The summed E-state index contributed by atoms with van der Waals surface area (Å²) in [5.74, 6) is -0.683. The van der Waals surface area contributed by atoms with Crippen LogP contribution in [0.25, 0.3) is 0 Å². The van der Waals surface area contributed by atoms with Crippen molar-refractivity contribution < 1.29 is 23.1 Å². The number of piperidine rings is 1. The maximum atomic E-state index is 12.7. The Labute approximate surface area is 129 Å². The summed E-state index contributed by atoms with van der Waals surface area (Å²) in [5, 5.41) is 9.59. The van der Waals surface area contributed by atoms with Crippen molar-refractivity contribution in [3.8, 4) is 0 Å². The lowest BCUT2D eigenvalue weighted by Gasteiger charge is -2.39. The number of thiophene rings is 1. The van der Waals surface area contributed by atoms with Crippen LogP contribution in [-0.2, 0) is 4.79 Å². The molecule has 0 aliphatic carbocycles. The Morgan fingerprint density at radius 2 is 2.00 bits per heavy atom. The lowest BCUT2D eigenvalue weighted by Crippen LogP contribution is -2.54. The first-order valence-electron chi connectivity index (χ1n) is 6.47. The highest BCUT2D eigenvalue weighted by Gasteiger charge is 2.55. The van der Waals surface area contributed by atoms with E-state index in [1.165, 1.54) is 16.2 Å². The third-order valence-electron chi connectivity index (χ3n) is 3.82. The molecule has 0 unspecified atom stereocenters. The normalized spacial score (nSPS) is 20.4. The largest absolute Gasteiger partial charge is 0.417 e. The van der Waals surface area contributed by atoms with Crippen molar-refractivity contribution in [3.05, 3.63) is 21.3 Å². The zero-order valence-electron chi connectivity index (χ0n) is 11.3. The first-order valence-corrected chi connectivity index (χ1v) is 7.66. The summed E-state index contributed by atoms with van der Waals surface area (Å²) in [6.45, 7) is 1.51. The van der Waals surface area contributed by atoms with E-state index in [1.54, 1.807) is 19.1 Å². The second-order valence-electron chi connectivity index (χ2n) is 5.22. The number of carbonyl (C=O) groups excluding carboxylic acids is 1. The molecule has 0 saturated carbocycles. The third kappa shape index (κ3) is 3.35. The number of nitrogens with zero attached hydrogens (tertiary/aromatic N) is 1. The van der Waals surface area contributed by atoms with Crippen LogP contribution in [0.15, 0.2) is 12.1 Å². The minimum absolute atomic E-state index is 0.0989. The van der Waals surface area contributed by atoms with Crippen LogP contribution in [0.1, 0.15) is 30.6 Å². The van der Waals surface area contributed by atoms with Gasteiger partial charge in [-0.05, 0) is 19.1 Å². The Balaban J connectivity index is 2.00. The van der Waals surface area contributed by atoms with Crippen molar-refractivity contribution in [1.82, 2.24) is 4.90 Å². The van der Waals surface area contributed by atoms with Gasteiger partial charge in [0.15, 0.2) is 5.60 Å². The van der Waals surface area contributed by atoms with Crippen molar-refractivity contribution in [1.29, 1.82) is 0 Å². The summed E-state index contributed by atoms with van der Waals surface area (Å²) in [6, 6.07) is 3.43. The number of alkyl halides is 3. The zero-order valence-corrected chi connectivity index (χ0v) is 12.9. The van der Waals surface area contributed by atoms with Gasteiger partial charge in [0.25, 0.3) is 0 Å². The topological polar surface area (TPSA) is 40.5 Å². The summed E-state index contributed by atoms with van der Waals surface area (Å²) in [7, 11) is 0. The molecule has 1 aromatic rings. The van der Waals surface area contributed by atoms with E-state index in [2.05, 4.69) is 0 Å². The molecule has 1 saturated heterocycles. The molecule has 1 amide bonds. The molecule has 21 heavy (non-hydrogen) atoms. The van der Waals surface area contributed by atoms with E-state index in [0.29, 0.717) is 4.34 Å². The van der Waals surface area contributed by atoms with Crippen molar-refractivity contribution >= 4 is 28.8 Å². The van der Waals surface area contributed by atoms with E-state index in [4.69, 9.17) is 11.6 Å². The van der Waals surface area contributed by atoms with Crippen molar-refractivity contribution in [2.75, 3.05) is 13.1 Å². The Morgan fingerprint density at radius 1 is 1.43 bits per heavy atom. The molecule has 8 heteroatoms. The highest BCUT2D eigenvalue weighted by atomic mass is 35.5. The Morgan fingerprint density at radius 3 is 2.43 bits per heavy atom. The molecule has 3 nitrogen and oxygen atoms in total. The van der Waals surface area contributed by atoms with Crippen LogP contribution in [-0.4, -0.2) is 40.8 Å². The number of halogens is 4. The molecule has 0 radical (unpaired) electrons. The van der Waals surface area contributed by atoms with E-state index >= 15 is 0 Å². The maximum Gasteiger partial charge on any atom is 0.417 e. The van der Waals surface area contributed by atoms with Gasteiger partial charge in [-0.3, -0.25) is 4.79 Å². The van der Waals surface area contributed by atoms with Gasteiger partial charge in [-0.2, -0.15) is 13.2 Å². The van der Waals surface area contributed by atoms with Gasteiger partial charge in [0, 0.05) is 30.8 Å². The van der Waals surface area contributed by atoms with Gasteiger partial charge in [-0.15, -0.1) is 11.3 Å². The molecule has 0 spiro atoms. The van der Waals surface area contributed by atoms with Gasteiger partial charge >= 0.3 is 6.18 Å². The standard InChI is InChI=1S/C13H15ClF3NO2S/c1-8(9-2-3-10(14)21-9)11(19)18-6-4-12(20,5-7-18)13(15,16)17/h2-3,8,20H,4-7H2,1H3/t8-/m1/s1. The molecule has 2 heterocycles. The summed E-state index contributed by atoms with van der Waals surface area (Å²) >= 11 is 7.10. The van der Waals surface area contributed by atoms with Crippen LogP contribution in [0.3, 0.4) is 0 Å². The van der Waals surface area contributed by atoms with Crippen molar-refractivity contribution in [2.24, 2.45) is 0 Å². The summed E-state index contributed by atoms with van der Waals surface area (Å²) in [5.41, 5.74) is -2.68. The van der Waals surface area contributed by atoms with Gasteiger partial charge in [0.1, 0.15) is 0 Å². The average Bonchev–Trinajstić information content (AvgIpc) is 2.83. The third-order valence-corrected chi connectivity index (χ3v) is 5.23. The first-order chi connectivity index (χ1) is 9.64. The van der Waals surface area contributed by atoms with Crippen LogP contribution < -0.4 is 0 Å². The molecule has 1 fully saturated rings. The zero-order chi connectivity index (χ0) is 15.8. The van der Waals surface area contributed by atoms with E-state index in [1.807, 2.05) is 0 Å². The highest BCUT2D eigenvalue weighted by molar-refractivity contribution is 7.16. The quantitative estimate of drug-likeness (QED) is 0.895. The lowest BCUT2D eigenvalue weighted by molar-refractivity contribution is -0.272. The summed E-state index contributed by atoms with van der Waals surface area (Å²) in [4.78, 5) is 14.4. The molecule has 0 bridgehead atoms. The molecular formula is C13H15ClF3NO2S. The van der Waals surface area contributed by atoms with E-state index in [9.17, 15) is 23.1 Å². The molecule has 2 rings (SSSR count). The van der Waals surface area contributed by atoms with Gasteiger partial charge in [-0.25, -0.2) is 0 Å². The molecule has 118 valence electrons. The molecule has 1 atom stereocenters. The number of likely N-dealkylation sites (tertiary alicyclic amines) is 1. The highest BCUT2D eigenvalue weighted by Crippen LogP contribution is 2.39. The SMILES string of the molecule is C[C@@H](C(=O)N1CCC(O)(C(F)(F)F)CC1)c1ccc(Cl)s1. The Kier molecular flexibility index (Phi) is 4.56. The summed E-state index contributed by atoms with van der Waals surface area (Å²) in [6.07, 6.45) is -5.63. The fraction of sp³-hybridized carbons (Fsp3) is 0.615. The average molecular weight is 342 g/mol. The fourth-order valence-electron chi connectivity index (χ4n) is 2.34. The number of amides is 1. The van der Waals surface area contributed by atoms with Gasteiger partial charge < -0.3 is 10.0 Å². The van der Waals surface area contributed by atoms with E-state index in [0.717, 1.165) is 4.88 Å². The number of rotatable bonds is 2. The Hall–Kier alpha value is -0.790. The van der Waals surface area contributed by atoms with Crippen molar-refractivity contribution in [3.63, 3.8) is 0 Å². The Bertz CT molecular complexity index is 524. The van der Waals surface area contributed by atoms with Crippen LogP contribution in [0.4, 0.5) is 13.2 Å². The van der Waals surface area contributed by atoms with Crippen molar-refractivity contribution in [2.45, 2.75) is 37.5 Å². The second-order valence-corrected chi connectivity index (χ2v) is 6.96. The van der Waals surface area contributed by atoms with Crippen LogP contribution in [0.5, 0.6) is 0 Å². The molecule has 1 aromatic heterocycles. The first kappa shape index (κ1) is 16.6. The van der Waals surface area contributed by atoms with Gasteiger partial charge in [0.2, 0.25) is 5.91 Å². The predicted octanol–water partition coefficient (Wildman–Crippen LogP) is 3.42. The van der Waals surface area contributed by atoms with Crippen LogP contribution >= 0.6 is 22.9 Å². The smallest absolute Gasteiger partial charge is 0.380 e. The van der Waals surface area contributed by atoms with Gasteiger partial charge in [0.05, 0.1) is 10.3 Å². The molecule has 1 N–H and O–H groups in total. The fourth-order valence-corrected chi connectivity index (χ4v) is 3.44. The maximum absolute atomic E-state index is 12.7. The molecular weight excluding hydrogens is 327 g/mol. The summed E-state index contributed by atoms with van der Waals surface area (Å²) < 4.78 is 38.7. The molecule has 1 aliphatic heterocycles. The van der Waals surface area contributed by atoms with Gasteiger partial charge in [-0.1, -0.05) is 11.6 Å². The number of carbonyl (C=O) groups is 1. The number of hydrogen-bond acceptors (Lipinski definition) is 3. The lowest BCUT2D eigenvalue weighted by atomic mass is 9.90. The minimum atomic E-state index is -4.66.